The molecule has 1 aliphatic carbocycles. The molecule has 0 spiro atoms. The molecule has 5 nitrogen and oxygen atoms in total. The van der Waals surface area contributed by atoms with Crippen molar-refractivity contribution in [2.24, 2.45) is 0 Å². The van der Waals surface area contributed by atoms with Crippen LogP contribution in [-0.4, -0.2) is 19.9 Å². The van der Waals surface area contributed by atoms with Crippen molar-refractivity contribution in [3.63, 3.8) is 0 Å². The van der Waals surface area contributed by atoms with E-state index in [2.05, 4.69) is 172 Å². The minimum absolute atomic E-state index is 0.154. The van der Waals surface area contributed by atoms with Gasteiger partial charge < -0.3 is 4.42 Å². The van der Waals surface area contributed by atoms with Crippen molar-refractivity contribution in [3.8, 4) is 90.1 Å². The second-order valence-corrected chi connectivity index (χ2v) is 16.9. The van der Waals surface area contributed by atoms with Gasteiger partial charge in [-0.15, -0.1) is 0 Å². The van der Waals surface area contributed by atoms with Crippen LogP contribution in [-0.2, 0) is 5.41 Å². The van der Waals surface area contributed by atoms with E-state index >= 15 is 0 Å². The molecule has 2 heterocycles. The zero-order chi connectivity index (χ0) is 42.8. The van der Waals surface area contributed by atoms with Crippen LogP contribution >= 0.6 is 0 Å². The average Bonchev–Trinajstić information content (AvgIpc) is 3.91. The summed E-state index contributed by atoms with van der Waals surface area (Å²) in [6, 6.07) is 72.0. The first-order valence-corrected chi connectivity index (χ1v) is 21.7. The molecule has 2 aromatic heterocycles. The zero-order valence-corrected chi connectivity index (χ0v) is 35.3. The minimum atomic E-state index is -0.154. The smallest absolute Gasteiger partial charge is 0.227 e. The number of hydrogen-bond acceptors (Lipinski definition) is 5. The third-order valence-electron chi connectivity index (χ3n) is 12.8. The maximum Gasteiger partial charge on any atom is 0.227 e. The highest BCUT2D eigenvalue weighted by molar-refractivity contribution is 6.17. The lowest BCUT2D eigenvalue weighted by atomic mass is 9.82. The van der Waals surface area contributed by atoms with Gasteiger partial charge in [0.2, 0.25) is 5.89 Å². The molecule has 0 N–H and O–H groups in total. The number of hydrogen-bond donors (Lipinski definition) is 0. The van der Waals surface area contributed by atoms with Gasteiger partial charge in [-0.3, -0.25) is 0 Å². The molecule has 0 fully saturated rings. The molecule has 0 radical (unpaired) electrons. The van der Waals surface area contributed by atoms with Crippen molar-refractivity contribution >= 4 is 21.9 Å². The molecular formula is C59H40N4O. The van der Waals surface area contributed by atoms with E-state index < -0.39 is 0 Å². The molecule has 302 valence electrons. The topological polar surface area (TPSA) is 64.7 Å². The van der Waals surface area contributed by atoms with E-state index in [0.29, 0.717) is 23.4 Å². The summed E-state index contributed by atoms with van der Waals surface area (Å²) in [5.74, 6) is 2.49. The molecule has 9 aromatic carbocycles. The van der Waals surface area contributed by atoms with Crippen molar-refractivity contribution in [2.45, 2.75) is 19.3 Å². The summed E-state index contributed by atoms with van der Waals surface area (Å²) in [7, 11) is 0. The Labute approximate surface area is 371 Å². The van der Waals surface area contributed by atoms with Gasteiger partial charge in [0.25, 0.3) is 0 Å². The Balaban J connectivity index is 1.04. The normalized spacial score (nSPS) is 12.7. The molecule has 64 heavy (non-hydrogen) atoms. The van der Waals surface area contributed by atoms with Crippen molar-refractivity contribution in [1.29, 1.82) is 0 Å². The summed E-state index contributed by atoms with van der Waals surface area (Å²) in [4.78, 5) is 20.7. The van der Waals surface area contributed by atoms with Crippen molar-refractivity contribution in [3.05, 3.63) is 217 Å². The second-order valence-electron chi connectivity index (χ2n) is 16.9. The van der Waals surface area contributed by atoms with Crippen LogP contribution in [0.4, 0.5) is 0 Å². The molecule has 0 aliphatic heterocycles. The van der Waals surface area contributed by atoms with Crippen LogP contribution in [0.15, 0.2) is 211 Å². The van der Waals surface area contributed by atoms with Gasteiger partial charge in [0, 0.05) is 33.1 Å². The Morgan fingerprint density at radius 3 is 1.67 bits per heavy atom. The summed E-state index contributed by atoms with van der Waals surface area (Å²) in [6.45, 7) is 4.60. The molecule has 0 amide bonds. The molecule has 1 aliphatic rings. The van der Waals surface area contributed by atoms with Crippen molar-refractivity contribution < 1.29 is 4.42 Å². The number of aromatic nitrogens is 4. The van der Waals surface area contributed by atoms with Gasteiger partial charge in [-0.2, -0.15) is 0 Å². The standard InChI is InChI=1S/C59H40N4O/c1-59(2)49-30-15-14-28-47(49)52-48(29-17-31-50(52)59)57-62-55(38-20-8-4-9-21-38)61-56(63-57)41-25-16-24-40(36-41)42-26-12-13-27-44(42)46-33-32-43(37-18-6-3-7-19-37)45-34-35-51-54(53(45)46)64-58(60-51)39-22-10-5-11-23-39/h3-36H,1-2H3. The predicted octanol–water partition coefficient (Wildman–Crippen LogP) is 15.1. The SMILES string of the molecule is CC1(C)c2ccccc2-c2c(-c3nc(-c4ccccc4)nc(-c4cccc(-c5ccccc5-c5ccc(-c6ccccc6)c6ccc7nc(-c8ccccc8)oc7c56)c4)n3)cccc21. The predicted molar refractivity (Wildman–Crippen MR) is 261 cm³/mol. The first kappa shape index (κ1) is 37.5. The van der Waals surface area contributed by atoms with Crippen LogP contribution < -0.4 is 0 Å². The summed E-state index contributed by atoms with van der Waals surface area (Å²) < 4.78 is 6.76. The van der Waals surface area contributed by atoms with Crippen LogP contribution in [0.3, 0.4) is 0 Å². The molecule has 5 heteroatoms. The third-order valence-corrected chi connectivity index (χ3v) is 12.8. The van der Waals surface area contributed by atoms with E-state index in [-0.39, 0.29) is 5.41 Å². The maximum atomic E-state index is 6.76. The van der Waals surface area contributed by atoms with Gasteiger partial charge in [0.05, 0.1) is 0 Å². The number of nitrogens with zero attached hydrogens (tertiary/aromatic N) is 4. The molecule has 0 saturated carbocycles. The Morgan fingerprint density at radius 1 is 0.359 bits per heavy atom. The van der Waals surface area contributed by atoms with Gasteiger partial charge in [-0.05, 0) is 85.3 Å². The lowest BCUT2D eigenvalue weighted by Gasteiger charge is -2.21. The maximum absolute atomic E-state index is 6.76. The molecule has 11 aromatic rings. The molecule has 0 unspecified atom stereocenters. The van der Waals surface area contributed by atoms with E-state index in [1.165, 1.54) is 22.3 Å². The lowest BCUT2D eigenvalue weighted by molar-refractivity contribution is 0.623. The fourth-order valence-electron chi connectivity index (χ4n) is 9.70. The van der Waals surface area contributed by atoms with Crippen LogP contribution in [0.5, 0.6) is 0 Å². The second kappa shape index (κ2) is 15.0. The largest absolute Gasteiger partial charge is 0.435 e. The first-order valence-electron chi connectivity index (χ1n) is 21.7. The number of fused-ring (bicyclic) bond motifs is 6. The van der Waals surface area contributed by atoms with Gasteiger partial charge >= 0.3 is 0 Å². The third kappa shape index (κ3) is 6.16. The van der Waals surface area contributed by atoms with E-state index in [1.54, 1.807) is 0 Å². The van der Waals surface area contributed by atoms with Gasteiger partial charge in [0.1, 0.15) is 5.52 Å². The van der Waals surface area contributed by atoms with Crippen LogP contribution in [0.25, 0.3) is 112 Å². The number of benzene rings is 9. The fourth-order valence-corrected chi connectivity index (χ4v) is 9.70. The van der Waals surface area contributed by atoms with E-state index in [9.17, 15) is 0 Å². The van der Waals surface area contributed by atoms with Crippen molar-refractivity contribution in [2.75, 3.05) is 0 Å². The summed E-state index contributed by atoms with van der Waals surface area (Å²) in [6.07, 6.45) is 0. The van der Waals surface area contributed by atoms with E-state index in [1.807, 2.05) is 48.5 Å². The average molecular weight is 821 g/mol. The Morgan fingerprint density at radius 2 is 0.906 bits per heavy atom. The quantitative estimate of drug-likeness (QED) is 0.160. The Hall–Kier alpha value is -8.28. The van der Waals surface area contributed by atoms with Crippen molar-refractivity contribution in [1.82, 2.24) is 19.9 Å². The number of oxazole rings is 1. The van der Waals surface area contributed by atoms with E-state index in [0.717, 1.165) is 77.5 Å². The molecular weight excluding hydrogens is 781 g/mol. The first-order chi connectivity index (χ1) is 31.5. The molecule has 12 rings (SSSR count). The fraction of sp³-hybridized carbons (Fsp3) is 0.0508. The Bertz CT molecular complexity index is 3580. The van der Waals surface area contributed by atoms with Crippen LogP contribution in [0, 0.1) is 0 Å². The Kier molecular flexibility index (Phi) is 8.76. The highest BCUT2D eigenvalue weighted by atomic mass is 16.3. The molecule has 0 bridgehead atoms. The van der Waals surface area contributed by atoms with E-state index in [4.69, 9.17) is 24.4 Å². The monoisotopic (exact) mass is 820 g/mol. The molecule has 0 saturated heterocycles. The number of rotatable bonds is 7. The summed E-state index contributed by atoms with van der Waals surface area (Å²) >= 11 is 0. The van der Waals surface area contributed by atoms with Gasteiger partial charge in [-0.1, -0.05) is 196 Å². The zero-order valence-electron chi connectivity index (χ0n) is 35.3. The van der Waals surface area contributed by atoms with Gasteiger partial charge in [0.15, 0.2) is 23.1 Å². The van der Waals surface area contributed by atoms with Crippen LogP contribution in [0.2, 0.25) is 0 Å². The molecule has 0 atom stereocenters. The summed E-state index contributed by atoms with van der Waals surface area (Å²) in [5.41, 5.74) is 16.7. The minimum Gasteiger partial charge on any atom is -0.435 e. The summed E-state index contributed by atoms with van der Waals surface area (Å²) in [5, 5.41) is 2.12. The van der Waals surface area contributed by atoms with Crippen LogP contribution in [0.1, 0.15) is 25.0 Å². The van der Waals surface area contributed by atoms with Gasteiger partial charge in [-0.25, -0.2) is 19.9 Å². The lowest BCUT2D eigenvalue weighted by Crippen LogP contribution is -2.14. The highest BCUT2D eigenvalue weighted by Crippen LogP contribution is 2.52. The highest BCUT2D eigenvalue weighted by Gasteiger charge is 2.37.